The van der Waals surface area contributed by atoms with Gasteiger partial charge in [-0.2, -0.15) is 5.10 Å². The van der Waals surface area contributed by atoms with Gasteiger partial charge in [0.2, 0.25) is 0 Å². The molecular weight excluding hydrogens is 254 g/mol. The third-order valence-electron chi connectivity index (χ3n) is 3.50. The molecule has 0 bridgehead atoms. The Labute approximate surface area is 115 Å². The number of hydrogen-bond donors (Lipinski definition) is 2. The van der Waals surface area contributed by atoms with Gasteiger partial charge in [-0.05, 0) is 23.8 Å². The molecule has 0 aliphatic carbocycles. The zero-order valence-electron chi connectivity index (χ0n) is 10.7. The molecule has 4 rings (SSSR count). The summed E-state index contributed by atoms with van der Waals surface area (Å²) in [6, 6.07) is 5.95. The molecule has 0 saturated heterocycles. The first-order chi connectivity index (χ1) is 9.93. The molecule has 20 heavy (non-hydrogen) atoms. The van der Waals surface area contributed by atoms with Crippen LogP contribution >= 0.6 is 0 Å². The lowest BCUT2D eigenvalue weighted by atomic mass is 10.1. The molecule has 0 spiro atoms. The number of nitrogens with zero attached hydrogens (tertiary/aromatic N) is 5. The smallest absolute Gasteiger partial charge is 0.182 e. The normalized spacial score (nSPS) is 17.9. The van der Waals surface area contributed by atoms with Crippen LogP contribution in [0.4, 0.5) is 0 Å². The Morgan fingerprint density at radius 2 is 2.00 bits per heavy atom. The van der Waals surface area contributed by atoms with Crippen LogP contribution in [0, 0.1) is 0 Å². The predicted octanol–water partition coefficient (Wildman–Crippen LogP) is 0.756. The van der Waals surface area contributed by atoms with Gasteiger partial charge in [0.15, 0.2) is 11.6 Å². The van der Waals surface area contributed by atoms with Crippen molar-refractivity contribution in [1.82, 2.24) is 35.3 Å². The van der Waals surface area contributed by atoms with Crippen molar-refractivity contribution < 1.29 is 0 Å². The van der Waals surface area contributed by atoms with Crippen molar-refractivity contribution in [3.63, 3.8) is 0 Å². The summed E-state index contributed by atoms with van der Waals surface area (Å²) in [4.78, 5) is 4.06. The number of rotatable bonds is 2. The fraction of sp³-hybridized carbons (Fsp3) is 0.231. The number of aromatic amines is 1. The molecule has 0 aromatic carbocycles. The van der Waals surface area contributed by atoms with Gasteiger partial charge in [0.05, 0.1) is 6.04 Å². The van der Waals surface area contributed by atoms with Crippen molar-refractivity contribution >= 4 is 0 Å². The zero-order chi connectivity index (χ0) is 13.4. The van der Waals surface area contributed by atoms with Crippen LogP contribution in [0.25, 0.3) is 11.5 Å². The molecule has 1 aliphatic heterocycles. The molecular formula is C13H13N7. The zero-order valence-corrected chi connectivity index (χ0v) is 10.7. The van der Waals surface area contributed by atoms with E-state index in [1.165, 1.54) is 0 Å². The predicted molar refractivity (Wildman–Crippen MR) is 71.7 cm³/mol. The Morgan fingerprint density at radius 3 is 2.80 bits per heavy atom. The molecule has 0 amide bonds. The van der Waals surface area contributed by atoms with Gasteiger partial charge in [-0.15, -0.1) is 10.2 Å². The average Bonchev–Trinajstić information content (AvgIpc) is 3.16. The minimum Gasteiger partial charge on any atom is -0.307 e. The third-order valence-corrected chi connectivity index (χ3v) is 3.50. The average molecular weight is 267 g/mol. The number of nitrogens with one attached hydrogen (secondary N) is 2. The monoisotopic (exact) mass is 267 g/mol. The van der Waals surface area contributed by atoms with Gasteiger partial charge in [0, 0.05) is 31.7 Å². The molecule has 100 valence electrons. The van der Waals surface area contributed by atoms with Gasteiger partial charge < -0.3 is 9.88 Å². The topological polar surface area (TPSA) is 84.3 Å². The summed E-state index contributed by atoms with van der Waals surface area (Å²) in [6.45, 7) is 1.72. The summed E-state index contributed by atoms with van der Waals surface area (Å²) >= 11 is 0. The summed E-state index contributed by atoms with van der Waals surface area (Å²) in [5.41, 5.74) is 2.03. The fourth-order valence-corrected chi connectivity index (χ4v) is 2.56. The first-order valence-corrected chi connectivity index (χ1v) is 6.49. The molecule has 1 atom stereocenters. The Bertz CT molecular complexity index is 702. The van der Waals surface area contributed by atoms with E-state index in [2.05, 4.69) is 35.3 Å². The lowest BCUT2D eigenvalue weighted by Gasteiger charge is -2.25. The molecule has 1 unspecified atom stereocenters. The van der Waals surface area contributed by atoms with E-state index in [0.717, 1.165) is 36.0 Å². The summed E-state index contributed by atoms with van der Waals surface area (Å²) in [5, 5.41) is 19.0. The Balaban J connectivity index is 1.80. The van der Waals surface area contributed by atoms with Gasteiger partial charge in [-0.3, -0.25) is 10.1 Å². The van der Waals surface area contributed by atoms with Gasteiger partial charge in [-0.1, -0.05) is 0 Å². The number of pyridine rings is 1. The van der Waals surface area contributed by atoms with Crippen LogP contribution in [-0.4, -0.2) is 36.5 Å². The van der Waals surface area contributed by atoms with E-state index in [1.54, 1.807) is 18.6 Å². The van der Waals surface area contributed by atoms with Crippen molar-refractivity contribution in [3.8, 4) is 11.5 Å². The van der Waals surface area contributed by atoms with Crippen molar-refractivity contribution in [2.24, 2.45) is 0 Å². The first-order valence-electron chi connectivity index (χ1n) is 6.49. The molecule has 0 fully saturated rings. The minimum absolute atomic E-state index is 0.0518. The third kappa shape index (κ3) is 1.71. The van der Waals surface area contributed by atoms with E-state index in [1.807, 2.05) is 18.2 Å². The maximum absolute atomic E-state index is 4.35. The molecule has 1 aliphatic rings. The van der Waals surface area contributed by atoms with Crippen LogP contribution in [0.5, 0.6) is 0 Å². The Morgan fingerprint density at radius 1 is 1.10 bits per heavy atom. The Hall–Kier alpha value is -2.54. The van der Waals surface area contributed by atoms with Crippen molar-refractivity contribution in [3.05, 3.63) is 48.2 Å². The van der Waals surface area contributed by atoms with E-state index in [-0.39, 0.29) is 6.04 Å². The molecule has 0 radical (unpaired) electrons. The van der Waals surface area contributed by atoms with E-state index in [0.29, 0.717) is 0 Å². The highest BCUT2D eigenvalue weighted by Crippen LogP contribution is 2.26. The summed E-state index contributed by atoms with van der Waals surface area (Å²) < 4.78 is 2.13. The number of fused-ring (bicyclic) bond motifs is 1. The van der Waals surface area contributed by atoms with Gasteiger partial charge in [0.1, 0.15) is 5.69 Å². The Kier molecular flexibility index (Phi) is 2.56. The SMILES string of the molecule is c1cc(C2NCCn3c(-c4ccn[nH]4)nnc32)ccn1. The summed E-state index contributed by atoms with van der Waals surface area (Å²) in [7, 11) is 0. The second-order valence-corrected chi connectivity index (χ2v) is 4.67. The van der Waals surface area contributed by atoms with E-state index >= 15 is 0 Å². The van der Waals surface area contributed by atoms with Crippen LogP contribution < -0.4 is 5.32 Å². The van der Waals surface area contributed by atoms with Crippen molar-refractivity contribution in [2.45, 2.75) is 12.6 Å². The molecule has 3 aromatic rings. The quantitative estimate of drug-likeness (QED) is 0.716. The minimum atomic E-state index is 0.0518. The summed E-state index contributed by atoms with van der Waals surface area (Å²) in [5.74, 6) is 1.75. The highest BCUT2D eigenvalue weighted by atomic mass is 15.3. The van der Waals surface area contributed by atoms with Gasteiger partial charge in [0.25, 0.3) is 0 Å². The molecule has 7 nitrogen and oxygen atoms in total. The van der Waals surface area contributed by atoms with Gasteiger partial charge >= 0.3 is 0 Å². The first kappa shape index (κ1) is 11.3. The number of H-pyrrole nitrogens is 1. The van der Waals surface area contributed by atoms with Crippen LogP contribution in [0.3, 0.4) is 0 Å². The molecule has 4 heterocycles. The maximum Gasteiger partial charge on any atom is 0.182 e. The maximum atomic E-state index is 4.35. The highest BCUT2D eigenvalue weighted by Gasteiger charge is 2.26. The second-order valence-electron chi connectivity index (χ2n) is 4.67. The fourth-order valence-electron chi connectivity index (χ4n) is 2.56. The van der Waals surface area contributed by atoms with E-state index in [9.17, 15) is 0 Å². The number of aromatic nitrogens is 6. The standard InChI is InChI=1S/C13H13N7/c1-4-14-5-2-9(1)11-13-19-18-12(10-3-6-16-17-10)20(13)8-7-15-11/h1-6,11,15H,7-8H2,(H,16,17). The largest absolute Gasteiger partial charge is 0.307 e. The van der Waals surface area contributed by atoms with Crippen molar-refractivity contribution in [1.29, 1.82) is 0 Å². The van der Waals surface area contributed by atoms with Gasteiger partial charge in [-0.25, -0.2) is 0 Å². The van der Waals surface area contributed by atoms with Crippen LogP contribution in [-0.2, 0) is 6.54 Å². The molecule has 0 saturated carbocycles. The van der Waals surface area contributed by atoms with Crippen LogP contribution in [0.15, 0.2) is 36.8 Å². The number of hydrogen-bond acceptors (Lipinski definition) is 5. The molecule has 7 heteroatoms. The second kappa shape index (κ2) is 4.53. The lowest BCUT2D eigenvalue weighted by Crippen LogP contribution is -2.34. The van der Waals surface area contributed by atoms with E-state index in [4.69, 9.17) is 0 Å². The van der Waals surface area contributed by atoms with Crippen LogP contribution in [0.1, 0.15) is 17.4 Å². The highest BCUT2D eigenvalue weighted by molar-refractivity contribution is 5.49. The summed E-state index contributed by atoms with van der Waals surface area (Å²) in [6.07, 6.45) is 5.31. The molecule has 2 N–H and O–H groups in total. The molecule has 3 aromatic heterocycles. The van der Waals surface area contributed by atoms with E-state index < -0.39 is 0 Å². The lowest BCUT2D eigenvalue weighted by molar-refractivity contribution is 0.457. The van der Waals surface area contributed by atoms with Crippen molar-refractivity contribution in [2.75, 3.05) is 6.54 Å². The van der Waals surface area contributed by atoms with Crippen LogP contribution in [0.2, 0.25) is 0 Å².